The molecule has 7 heteroatoms. The van der Waals surface area contributed by atoms with Gasteiger partial charge >= 0.3 is 0 Å². The van der Waals surface area contributed by atoms with E-state index in [1.165, 1.54) is 23.7 Å². The maximum Gasteiger partial charge on any atom is 0.144 e. The van der Waals surface area contributed by atoms with Crippen molar-refractivity contribution in [1.82, 2.24) is 9.97 Å². The summed E-state index contributed by atoms with van der Waals surface area (Å²) >= 11 is 1.37. The number of ether oxygens (including phenoxy) is 1. The van der Waals surface area contributed by atoms with E-state index in [1.807, 2.05) is 19.1 Å². The van der Waals surface area contributed by atoms with Crippen LogP contribution in [0, 0.1) is 10.8 Å². The monoisotopic (exact) mass is 379 g/mol. The van der Waals surface area contributed by atoms with E-state index < -0.39 is 0 Å². The average molecular weight is 379 g/mol. The minimum Gasteiger partial charge on any atom is -0.497 e. The van der Waals surface area contributed by atoms with Gasteiger partial charge in [0.1, 0.15) is 22.9 Å². The number of thioether (sulfide) groups is 1. The van der Waals surface area contributed by atoms with Gasteiger partial charge in [-0.3, -0.25) is 5.41 Å². The molecule has 1 aliphatic carbocycles. The Morgan fingerprint density at radius 3 is 2.63 bits per heavy atom. The molecule has 27 heavy (non-hydrogen) atoms. The molecule has 2 atom stereocenters. The largest absolute Gasteiger partial charge is 0.497 e. The standard InChI is InChI=1S/C20H21N5OS/c1-10(11(2)21)16-17-18(27-19(16)22)20(24-9-23-17)25-15-8-14(15)12-4-6-13(26-3)7-5-12/h4-7,9,14-15,21-22H,8H2,1-3H3,(H,23,24,25)/b16-10-,21-11?,22-19?. The quantitative estimate of drug-likeness (QED) is 0.671. The molecule has 2 unspecified atom stereocenters. The molecule has 1 aromatic heterocycles. The van der Waals surface area contributed by atoms with Crippen molar-refractivity contribution in [2.24, 2.45) is 0 Å². The van der Waals surface area contributed by atoms with Gasteiger partial charge in [0.15, 0.2) is 0 Å². The van der Waals surface area contributed by atoms with Crippen LogP contribution in [0.4, 0.5) is 5.82 Å². The smallest absolute Gasteiger partial charge is 0.144 e. The Morgan fingerprint density at radius 1 is 1.22 bits per heavy atom. The van der Waals surface area contributed by atoms with E-state index in [4.69, 9.17) is 15.6 Å². The lowest BCUT2D eigenvalue weighted by Gasteiger charge is -2.09. The summed E-state index contributed by atoms with van der Waals surface area (Å²) in [6, 6.07) is 8.52. The lowest BCUT2D eigenvalue weighted by Crippen LogP contribution is -2.08. The van der Waals surface area contributed by atoms with Gasteiger partial charge < -0.3 is 15.5 Å². The summed E-state index contributed by atoms with van der Waals surface area (Å²) in [5.41, 5.74) is 4.04. The molecule has 1 fully saturated rings. The van der Waals surface area contributed by atoms with Gasteiger partial charge in [-0.25, -0.2) is 9.97 Å². The molecule has 2 aromatic rings. The predicted molar refractivity (Wildman–Crippen MR) is 109 cm³/mol. The highest BCUT2D eigenvalue weighted by Crippen LogP contribution is 2.47. The highest BCUT2D eigenvalue weighted by atomic mass is 32.2. The number of hydrogen-bond donors (Lipinski definition) is 3. The van der Waals surface area contributed by atoms with Crippen molar-refractivity contribution >= 4 is 33.9 Å². The third kappa shape index (κ3) is 3.23. The molecule has 3 N–H and O–H groups in total. The number of rotatable bonds is 5. The zero-order valence-electron chi connectivity index (χ0n) is 15.5. The Hall–Kier alpha value is -2.67. The number of anilines is 1. The summed E-state index contributed by atoms with van der Waals surface area (Å²) in [4.78, 5) is 9.71. The number of methoxy groups -OCH3 is 1. The van der Waals surface area contributed by atoms with Gasteiger partial charge in [0.25, 0.3) is 0 Å². The van der Waals surface area contributed by atoms with Crippen LogP contribution in [0.25, 0.3) is 5.57 Å². The third-order valence-corrected chi connectivity index (χ3v) is 6.06. The van der Waals surface area contributed by atoms with Crippen molar-refractivity contribution < 1.29 is 4.74 Å². The summed E-state index contributed by atoms with van der Waals surface area (Å²) in [6.07, 6.45) is 2.59. The molecule has 6 nitrogen and oxygen atoms in total. The lowest BCUT2D eigenvalue weighted by atomic mass is 10.0. The summed E-state index contributed by atoms with van der Waals surface area (Å²) in [7, 11) is 1.67. The van der Waals surface area contributed by atoms with Gasteiger partial charge in [0.05, 0.1) is 17.7 Å². The summed E-state index contributed by atoms with van der Waals surface area (Å²) in [6.45, 7) is 3.61. The molecule has 1 aromatic carbocycles. The van der Waals surface area contributed by atoms with Crippen LogP contribution in [0.2, 0.25) is 0 Å². The Bertz CT molecular complexity index is 967. The first-order chi connectivity index (χ1) is 13.0. The molecule has 1 saturated carbocycles. The van der Waals surface area contributed by atoms with E-state index in [2.05, 4.69) is 27.4 Å². The SMILES string of the molecule is COc1ccc(C2CC2Nc2ncnc3c2SC(=N)/C3=C(/C)C(C)=N)cc1. The fourth-order valence-corrected chi connectivity index (χ4v) is 4.31. The van der Waals surface area contributed by atoms with Gasteiger partial charge in [0, 0.05) is 23.2 Å². The van der Waals surface area contributed by atoms with Crippen LogP contribution in [0.1, 0.15) is 37.4 Å². The lowest BCUT2D eigenvalue weighted by molar-refractivity contribution is 0.414. The van der Waals surface area contributed by atoms with E-state index in [9.17, 15) is 0 Å². The number of fused-ring (bicyclic) bond motifs is 1. The van der Waals surface area contributed by atoms with Crippen LogP contribution in [0.5, 0.6) is 5.75 Å². The van der Waals surface area contributed by atoms with Gasteiger partial charge in [-0.05, 0) is 43.5 Å². The number of aromatic nitrogens is 2. The normalized spacial score (nSPS) is 22.3. The Kier molecular flexibility index (Phi) is 4.47. The van der Waals surface area contributed by atoms with Gasteiger partial charge in [-0.2, -0.15) is 0 Å². The van der Waals surface area contributed by atoms with Crippen LogP contribution in [0.3, 0.4) is 0 Å². The third-order valence-electron chi connectivity index (χ3n) is 5.07. The molecule has 0 saturated heterocycles. The number of hydrogen-bond acceptors (Lipinski definition) is 7. The summed E-state index contributed by atoms with van der Waals surface area (Å²) < 4.78 is 5.22. The van der Waals surface area contributed by atoms with Gasteiger partial charge in [-0.15, -0.1) is 0 Å². The first-order valence-corrected chi connectivity index (χ1v) is 9.60. The number of nitrogens with zero attached hydrogens (tertiary/aromatic N) is 2. The highest BCUT2D eigenvalue weighted by Gasteiger charge is 2.40. The van der Waals surface area contributed by atoms with Crippen molar-refractivity contribution in [3.05, 3.63) is 47.4 Å². The maximum absolute atomic E-state index is 8.32. The number of benzene rings is 1. The Labute approximate surface area is 162 Å². The first kappa shape index (κ1) is 17.7. The fourth-order valence-electron chi connectivity index (χ4n) is 3.30. The van der Waals surface area contributed by atoms with Crippen molar-refractivity contribution in [3.63, 3.8) is 0 Å². The molecule has 2 aliphatic rings. The zero-order valence-corrected chi connectivity index (χ0v) is 16.3. The zero-order chi connectivity index (χ0) is 19.1. The molecule has 4 rings (SSSR count). The van der Waals surface area contributed by atoms with E-state index in [1.54, 1.807) is 14.0 Å². The average Bonchev–Trinajstić information content (AvgIpc) is 3.34. The topological polar surface area (TPSA) is 94.7 Å². The fraction of sp³-hybridized carbons (Fsp3) is 0.300. The van der Waals surface area contributed by atoms with Crippen LogP contribution in [-0.2, 0) is 0 Å². The highest BCUT2D eigenvalue weighted by molar-refractivity contribution is 8.15. The van der Waals surface area contributed by atoms with Crippen LogP contribution < -0.4 is 10.1 Å². The van der Waals surface area contributed by atoms with E-state index >= 15 is 0 Å². The second-order valence-corrected chi connectivity index (χ2v) is 7.84. The minimum atomic E-state index is 0.325. The predicted octanol–water partition coefficient (Wildman–Crippen LogP) is 4.35. The number of nitrogens with one attached hydrogen (secondary N) is 3. The molecule has 0 amide bonds. The molecule has 2 heterocycles. The van der Waals surface area contributed by atoms with E-state index in [-0.39, 0.29) is 0 Å². The molecule has 0 bridgehead atoms. The number of allylic oxidation sites excluding steroid dienone is 1. The van der Waals surface area contributed by atoms with Crippen LogP contribution in [0.15, 0.2) is 41.1 Å². The molecule has 0 radical (unpaired) electrons. The van der Waals surface area contributed by atoms with Gasteiger partial charge in [0.2, 0.25) is 0 Å². The Balaban J connectivity index is 1.56. The van der Waals surface area contributed by atoms with Crippen molar-refractivity contribution in [1.29, 1.82) is 10.8 Å². The second-order valence-electron chi connectivity index (χ2n) is 6.82. The summed E-state index contributed by atoms with van der Waals surface area (Å²) in [5, 5.41) is 20.2. The van der Waals surface area contributed by atoms with Gasteiger partial charge in [-0.1, -0.05) is 23.9 Å². The van der Waals surface area contributed by atoms with Crippen molar-refractivity contribution in [2.75, 3.05) is 12.4 Å². The maximum atomic E-state index is 8.32. The molecular formula is C20H21N5OS. The first-order valence-electron chi connectivity index (χ1n) is 8.78. The van der Waals surface area contributed by atoms with Crippen LogP contribution >= 0.6 is 11.8 Å². The minimum absolute atomic E-state index is 0.325. The summed E-state index contributed by atoms with van der Waals surface area (Å²) in [5.74, 6) is 2.10. The Morgan fingerprint density at radius 2 is 1.96 bits per heavy atom. The van der Waals surface area contributed by atoms with Crippen molar-refractivity contribution in [2.45, 2.75) is 37.1 Å². The molecule has 0 spiro atoms. The molecular weight excluding hydrogens is 358 g/mol. The van der Waals surface area contributed by atoms with E-state index in [0.717, 1.165) is 39.7 Å². The molecule has 1 aliphatic heterocycles. The molecule has 138 valence electrons. The van der Waals surface area contributed by atoms with Crippen molar-refractivity contribution in [3.8, 4) is 5.75 Å². The van der Waals surface area contributed by atoms with E-state index in [0.29, 0.717) is 22.7 Å². The second kappa shape index (κ2) is 6.81. The van der Waals surface area contributed by atoms with Crippen LogP contribution in [-0.4, -0.2) is 33.9 Å².